The molecule has 0 aliphatic carbocycles. The number of hydrogen-bond acceptors (Lipinski definition) is 6. The van der Waals surface area contributed by atoms with E-state index in [0.29, 0.717) is 36.8 Å². The van der Waals surface area contributed by atoms with E-state index in [4.69, 9.17) is 0 Å². The fourth-order valence-corrected chi connectivity index (χ4v) is 4.42. The van der Waals surface area contributed by atoms with E-state index in [1.165, 1.54) is 41.8 Å². The van der Waals surface area contributed by atoms with Gasteiger partial charge in [-0.05, 0) is 37.1 Å². The van der Waals surface area contributed by atoms with Crippen molar-refractivity contribution in [3.63, 3.8) is 0 Å². The maximum absolute atomic E-state index is 13.1. The summed E-state index contributed by atoms with van der Waals surface area (Å²) in [6, 6.07) is 5.89. The Hall–Kier alpha value is -2.04. The van der Waals surface area contributed by atoms with Crippen LogP contribution in [-0.2, 0) is 14.8 Å². The normalized spacial score (nSPS) is 16.3. The molecule has 1 aliphatic rings. The maximum atomic E-state index is 13.1. The number of piperidine rings is 1. The highest BCUT2D eigenvalue weighted by atomic mass is 32.2. The highest BCUT2D eigenvalue weighted by Crippen LogP contribution is 2.19. The van der Waals surface area contributed by atoms with E-state index in [1.54, 1.807) is 5.38 Å². The van der Waals surface area contributed by atoms with Gasteiger partial charge in [-0.15, -0.1) is 11.3 Å². The molecule has 1 aromatic carbocycles. The number of carbonyl (C=O) groups excluding carboxylic acids is 1. The van der Waals surface area contributed by atoms with Crippen LogP contribution in [0.25, 0.3) is 0 Å². The zero-order chi connectivity index (χ0) is 18.6. The van der Waals surface area contributed by atoms with Crippen molar-refractivity contribution < 1.29 is 17.6 Å². The number of rotatable bonds is 6. The van der Waals surface area contributed by atoms with Crippen LogP contribution in [-0.4, -0.2) is 50.0 Å². The molecule has 3 rings (SSSR count). The second-order valence-corrected chi connectivity index (χ2v) is 8.54. The molecule has 0 unspecified atom stereocenters. The summed E-state index contributed by atoms with van der Waals surface area (Å²) in [7, 11) is -3.71. The fourth-order valence-electron chi connectivity index (χ4n) is 2.63. The van der Waals surface area contributed by atoms with Crippen LogP contribution in [0.4, 0.5) is 15.2 Å². The largest absolute Gasteiger partial charge is 0.325 e. The average Bonchev–Trinajstić information content (AvgIpc) is 3.09. The molecule has 0 atom stereocenters. The number of likely N-dealkylation sites (tertiary alicyclic amines) is 1. The molecule has 1 amide bonds. The molecule has 0 saturated carbocycles. The molecule has 7 nitrogen and oxygen atoms in total. The molecule has 0 radical (unpaired) electrons. The number of hydrogen-bond donors (Lipinski definition) is 2. The van der Waals surface area contributed by atoms with Crippen molar-refractivity contribution in [1.29, 1.82) is 0 Å². The lowest BCUT2D eigenvalue weighted by Gasteiger charge is -2.27. The molecule has 140 valence electrons. The summed E-state index contributed by atoms with van der Waals surface area (Å²) in [5.41, 5.74) is 0.503. The third kappa shape index (κ3) is 4.99. The van der Waals surface area contributed by atoms with E-state index in [2.05, 4.69) is 15.0 Å². The van der Waals surface area contributed by atoms with Gasteiger partial charge in [0.25, 0.3) is 10.0 Å². The predicted octanol–water partition coefficient (Wildman–Crippen LogP) is 2.32. The van der Waals surface area contributed by atoms with Gasteiger partial charge in [0.05, 0.1) is 11.4 Å². The summed E-state index contributed by atoms with van der Waals surface area (Å²) < 4.78 is 40.0. The molecule has 1 saturated heterocycles. The number of alkyl halides is 1. The number of carbonyl (C=O) groups is 1. The van der Waals surface area contributed by atoms with Gasteiger partial charge in [-0.25, -0.2) is 17.8 Å². The smallest absolute Gasteiger partial charge is 0.263 e. The third-order valence-electron chi connectivity index (χ3n) is 3.99. The number of sulfonamides is 1. The van der Waals surface area contributed by atoms with Gasteiger partial charge in [-0.3, -0.25) is 14.4 Å². The molecule has 2 N–H and O–H groups in total. The van der Waals surface area contributed by atoms with Gasteiger partial charge in [-0.2, -0.15) is 0 Å². The zero-order valence-electron chi connectivity index (χ0n) is 13.9. The van der Waals surface area contributed by atoms with Crippen LogP contribution in [0.3, 0.4) is 0 Å². The lowest BCUT2D eigenvalue weighted by molar-refractivity contribution is -0.117. The summed E-state index contributed by atoms with van der Waals surface area (Å²) in [4.78, 5) is 17.9. The molecule has 0 spiro atoms. The van der Waals surface area contributed by atoms with E-state index < -0.39 is 16.2 Å². The van der Waals surface area contributed by atoms with Crippen molar-refractivity contribution in [2.75, 3.05) is 29.7 Å². The Kier molecular flexibility index (Phi) is 5.84. The quantitative estimate of drug-likeness (QED) is 0.779. The Labute approximate surface area is 155 Å². The first-order valence-corrected chi connectivity index (χ1v) is 10.5. The number of benzene rings is 1. The van der Waals surface area contributed by atoms with Crippen LogP contribution in [0.15, 0.2) is 40.7 Å². The number of halogens is 1. The van der Waals surface area contributed by atoms with Gasteiger partial charge in [0.15, 0.2) is 5.13 Å². The summed E-state index contributed by atoms with van der Waals surface area (Å²) in [6.07, 6.45) is 1.64. The van der Waals surface area contributed by atoms with Gasteiger partial charge in [0.2, 0.25) is 5.91 Å². The average molecular weight is 398 g/mol. The zero-order valence-corrected chi connectivity index (χ0v) is 15.5. The van der Waals surface area contributed by atoms with Gasteiger partial charge >= 0.3 is 0 Å². The van der Waals surface area contributed by atoms with Crippen molar-refractivity contribution in [3.8, 4) is 0 Å². The van der Waals surface area contributed by atoms with E-state index in [1.807, 2.05) is 4.90 Å². The predicted molar refractivity (Wildman–Crippen MR) is 98.6 cm³/mol. The minimum atomic E-state index is -3.71. The van der Waals surface area contributed by atoms with Gasteiger partial charge in [-0.1, -0.05) is 0 Å². The van der Waals surface area contributed by atoms with Crippen LogP contribution in [0.1, 0.15) is 12.8 Å². The molecule has 26 heavy (non-hydrogen) atoms. The highest BCUT2D eigenvalue weighted by molar-refractivity contribution is 7.93. The Morgan fingerprint density at radius 3 is 2.58 bits per heavy atom. The number of thiazole rings is 1. The van der Waals surface area contributed by atoms with Crippen LogP contribution in [0.5, 0.6) is 0 Å². The monoisotopic (exact) mass is 398 g/mol. The van der Waals surface area contributed by atoms with Crippen LogP contribution in [0, 0.1) is 0 Å². The first-order chi connectivity index (χ1) is 12.4. The van der Waals surface area contributed by atoms with Gasteiger partial charge < -0.3 is 5.32 Å². The molecule has 0 bridgehead atoms. The van der Waals surface area contributed by atoms with Crippen molar-refractivity contribution in [2.24, 2.45) is 0 Å². The minimum absolute atomic E-state index is 0.0794. The second kappa shape index (κ2) is 8.11. The molecular formula is C16H19FN4O3S2. The Balaban J connectivity index is 1.56. The molecule has 2 heterocycles. The maximum Gasteiger partial charge on any atom is 0.263 e. The van der Waals surface area contributed by atoms with Gasteiger partial charge in [0, 0.05) is 30.4 Å². The number of anilines is 2. The second-order valence-electron chi connectivity index (χ2n) is 5.97. The summed E-state index contributed by atoms with van der Waals surface area (Å²) in [6.45, 7) is 1.32. The Bertz CT molecular complexity index is 833. The topological polar surface area (TPSA) is 91.4 Å². The molecule has 1 aliphatic heterocycles. The number of nitrogens with one attached hydrogen (secondary N) is 2. The fraction of sp³-hybridized carbons (Fsp3) is 0.375. The standard InChI is InChI=1S/C16H19FN4O3S2/c17-12-5-8-21(9-6-12)11-15(22)19-13-1-3-14(4-2-13)26(23,24)20-16-18-7-10-25-16/h1-4,7,10,12H,5-6,8-9,11H2,(H,18,20)(H,19,22). The highest BCUT2D eigenvalue weighted by Gasteiger charge is 2.20. The Morgan fingerprint density at radius 1 is 1.27 bits per heavy atom. The van der Waals surface area contributed by atoms with Crippen LogP contribution < -0.4 is 10.0 Å². The van der Waals surface area contributed by atoms with Crippen molar-refractivity contribution >= 4 is 38.1 Å². The van der Waals surface area contributed by atoms with E-state index in [-0.39, 0.29) is 17.3 Å². The van der Waals surface area contributed by atoms with E-state index in [0.717, 1.165) is 0 Å². The lowest BCUT2D eigenvalue weighted by Crippen LogP contribution is -2.39. The van der Waals surface area contributed by atoms with E-state index in [9.17, 15) is 17.6 Å². The summed E-state index contributed by atoms with van der Waals surface area (Å²) in [5.74, 6) is -0.209. The first kappa shape index (κ1) is 18.7. The summed E-state index contributed by atoms with van der Waals surface area (Å²) >= 11 is 1.19. The van der Waals surface area contributed by atoms with Gasteiger partial charge in [0.1, 0.15) is 6.17 Å². The summed E-state index contributed by atoms with van der Waals surface area (Å²) in [5, 5.41) is 4.69. The van der Waals surface area contributed by atoms with Crippen molar-refractivity contribution in [3.05, 3.63) is 35.8 Å². The molecule has 1 fully saturated rings. The molecular weight excluding hydrogens is 379 g/mol. The molecule has 2 aromatic rings. The lowest BCUT2D eigenvalue weighted by atomic mass is 10.1. The van der Waals surface area contributed by atoms with Crippen molar-refractivity contribution in [2.45, 2.75) is 23.9 Å². The van der Waals surface area contributed by atoms with Crippen LogP contribution in [0.2, 0.25) is 0 Å². The van der Waals surface area contributed by atoms with E-state index >= 15 is 0 Å². The number of aromatic nitrogens is 1. The number of amides is 1. The molecule has 10 heteroatoms. The van der Waals surface area contributed by atoms with Crippen molar-refractivity contribution in [1.82, 2.24) is 9.88 Å². The minimum Gasteiger partial charge on any atom is -0.325 e. The third-order valence-corrected chi connectivity index (χ3v) is 6.16. The Morgan fingerprint density at radius 2 is 1.96 bits per heavy atom. The molecule has 1 aromatic heterocycles. The number of nitrogens with zero attached hydrogens (tertiary/aromatic N) is 2. The first-order valence-electron chi connectivity index (χ1n) is 8.11. The van der Waals surface area contributed by atoms with Crippen LogP contribution >= 0.6 is 11.3 Å². The SMILES string of the molecule is O=C(CN1CCC(F)CC1)Nc1ccc(S(=O)(=O)Nc2nccs2)cc1.